The summed E-state index contributed by atoms with van der Waals surface area (Å²) in [5.74, 6) is 1.05. The third-order valence-electron chi connectivity index (χ3n) is 3.97. The van der Waals surface area contributed by atoms with Crippen LogP contribution in [0.3, 0.4) is 0 Å². The van der Waals surface area contributed by atoms with Gasteiger partial charge in [-0.15, -0.1) is 0 Å². The first-order valence-corrected chi connectivity index (χ1v) is 11.2. The summed E-state index contributed by atoms with van der Waals surface area (Å²) in [4.78, 5) is 0. The number of nitrogens with zero attached hydrogens (tertiary/aromatic N) is 4. The Bertz CT molecular complexity index is 1210. The largest absolute Gasteiger partial charge is 2.00 e. The molecule has 4 aromatic rings. The van der Waals surface area contributed by atoms with E-state index in [2.05, 4.69) is 20.4 Å². The molecule has 2 heterocycles. The monoisotopic (exact) mass is 584 g/mol. The van der Waals surface area contributed by atoms with Crippen LogP contribution in [0, 0.1) is 0 Å². The minimum absolute atomic E-state index is 0. The van der Waals surface area contributed by atoms with Crippen LogP contribution in [0.15, 0.2) is 115 Å². The van der Waals surface area contributed by atoms with Gasteiger partial charge in [0.2, 0.25) is 0 Å². The second-order valence-electron chi connectivity index (χ2n) is 6.30. The van der Waals surface area contributed by atoms with Crippen molar-refractivity contribution >= 4 is 71.0 Å². The first-order chi connectivity index (χ1) is 16.5. The van der Waals surface area contributed by atoms with Crippen molar-refractivity contribution in [2.45, 2.75) is 0 Å². The smallest absolute Gasteiger partial charge is 0.755 e. The van der Waals surface area contributed by atoms with E-state index in [0.717, 1.165) is 11.1 Å². The van der Waals surface area contributed by atoms with E-state index in [1.165, 1.54) is 12.5 Å². The normalized spacial score (nSPS) is 11.8. The molecular weight excluding hydrogens is 570 g/mol. The fourth-order valence-corrected chi connectivity index (χ4v) is 3.04. The SMILES string of the molecule is [Ni+2].[S-]/C(=N\N=C\c1ccccc1Cl)c1ccco1.[S-]/C(=N\N=C\c1ccccc1Cl)c1ccco1. The zero-order valence-electron chi connectivity index (χ0n) is 17.7. The predicted molar refractivity (Wildman–Crippen MR) is 143 cm³/mol. The maximum atomic E-state index is 5.95. The minimum atomic E-state index is 0. The van der Waals surface area contributed by atoms with Crippen molar-refractivity contribution in [1.29, 1.82) is 0 Å². The van der Waals surface area contributed by atoms with Crippen LogP contribution in [0.5, 0.6) is 0 Å². The molecule has 11 heteroatoms. The van der Waals surface area contributed by atoms with Gasteiger partial charge in [-0.05, 0) is 46.5 Å². The molecule has 0 amide bonds. The van der Waals surface area contributed by atoms with Crippen molar-refractivity contribution in [2.24, 2.45) is 20.4 Å². The second kappa shape index (κ2) is 15.2. The molecule has 35 heavy (non-hydrogen) atoms. The van der Waals surface area contributed by atoms with E-state index in [1.807, 2.05) is 36.4 Å². The van der Waals surface area contributed by atoms with Crippen molar-refractivity contribution in [3.63, 3.8) is 0 Å². The van der Waals surface area contributed by atoms with E-state index in [0.29, 0.717) is 31.7 Å². The van der Waals surface area contributed by atoms with Crippen molar-refractivity contribution in [1.82, 2.24) is 0 Å². The zero-order valence-corrected chi connectivity index (χ0v) is 21.9. The summed E-state index contributed by atoms with van der Waals surface area (Å²) in [5, 5.41) is 17.3. The molecular formula is C24H16Cl2N4NiO2S2. The van der Waals surface area contributed by atoms with Gasteiger partial charge < -0.3 is 34.1 Å². The van der Waals surface area contributed by atoms with E-state index in [4.69, 9.17) is 57.3 Å². The van der Waals surface area contributed by atoms with Crippen LogP contribution >= 0.6 is 23.2 Å². The van der Waals surface area contributed by atoms with Crippen molar-refractivity contribution < 1.29 is 25.3 Å². The summed E-state index contributed by atoms with van der Waals surface area (Å²) in [6, 6.07) is 21.7. The zero-order chi connectivity index (χ0) is 24.2. The van der Waals surface area contributed by atoms with E-state index < -0.39 is 0 Å². The molecule has 2 aromatic heterocycles. The van der Waals surface area contributed by atoms with Gasteiger partial charge in [-0.3, -0.25) is 0 Å². The maximum Gasteiger partial charge on any atom is 2.00 e. The van der Waals surface area contributed by atoms with Crippen molar-refractivity contribution in [2.75, 3.05) is 0 Å². The summed E-state index contributed by atoms with van der Waals surface area (Å²) in [6.07, 6.45) is 6.18. The number of halogens is 2. The Morgan fingerprint density at radius 3 is 1.37 bits per heavy atom. The molecule has 0 fully saturated rings. The van der Waals surface area contributed by atoms with Gasteiger partial charge in [0, 0.05) is 21.2 Å². The van der Waals surface area contributed by atoms with E-state index in [1.54, 1.807) is 48.8 Å². The molecule has 0 aliphatic heterocycles. The van der Waals surface area contributed by atoms with Gasteiger partial charge in [0.05, 0.1) is 25.0 Å². The molecule has 180 valence electrons. The summed E-state index contributed by atoms with van der Waals surface area (Å²) in [7, 11) is 0. The minimum Gasteiger partial charge on any atom is -0.755 e. The predicted octanol–water partition coefficient (Wildman–Crippen LogP) is 6.52. The van der Waals surface area contributed by atoms with Gasteiger partial charge >= 0.3 is 16.5 Å². The third-order valence-corrected chi connectivity index (χ3v) is 5.22. The molecule has 0 spiro atoms. The summed E-state index contributed by atoms with van der Waals surface area (Å²) in [6.45, 7) is 0. The molecule has 6 nitrogen and oxygen atoms in total. The van der Waals surface area contributed by atoms with Crippen molar-refractivity contribution in [3.05, 3.63) is 118 Å². The molecule has 0 saturated carbocycles. The van der Waals surface area contributed by atoms with E-state index >= 15 is 0 Å². The number of rotatable bonds is 6. The Balaban J connectivity index is 0.000000240. The van der Waals surface area contributed by atoms with Gasteiger partial charge in [-0.1, -0.05) is 59.6 Å². The van der Waals surface area contributed by atoms with Gasteiger partial charge in [-0.2, -0.15) is 20.4 Å². The molecule has 0 aliphatic rings. The van der Waals surface area contributed by atoms with E-state index in [9.17, 15) is 0 Å². The molecule has 4 rings (SSSR count). The van der Waals surface area contributed by atoms with Gasteiger partial charge in [0.15, 0.2) is 0 Å². The summed E-state index contributed by atoms with van der Waals surface area (Å²) < 4.78 is 10.2. The molecule has 0 atom stereocenters. The average Bonchev–Trinajstić information content (AvgIpc) is 3.57. The first-order valence-electron chi connectivity index (χ1n) is 9.67. The van der Waals surface area contributed by atoms with Crippen LogP contribution in [-0.4, -0.2) is 22.5 Å². The molecule has 0 N–H and O–H groups in total. The Labute approximate surface area is 233 Å². The first kappa shape index (κ1) is 28.4. The summed E-state index contributed by atoms with van der Waals surface area (Å²) >= 11 is 21.9. The van der Waals surface area contributed by atoms with Gasteiger partial charge in [0.25, 0.3) is 0 Å². The van der Waals surface area contributed by atoms with Crippen LogP contribution < -0.4 is 0 Å². The molecule has 0 radical (unpaired) electrons. The van der Waals surface area contributed by atoms with Crippen molar-refractivity contribution in [3.8, 4) is 0 Å². The topological polar surface area (TPSA) is 75.7 Å². The quantitative estimate of drug-likeness (QED) is 0.0849. The molecule has 0 unspecified atom stereocenters. The molecule has 2 aromatic carbocycles. The Hall–Kier alpha value is -2.81. The fourth-order valence-electron chi connectivity index (χ4n) is 2.35. The number of furan rings is 2. The molecule has 0 saturated heterocycles. The van der Waals surface area contributed by atoms with Crippen LogP contribution in [0.1, 0.15) is 22.6 Å². The molecule has 0 aliphatic carbocycles. The Morgan fingerprint density at radius 1 is 0.629 bits per heavy atom. The van der Waals surface area contributed by atoms with Crippen LogP contribution in [0.25, 0.3) is 0 Å². The van der Waals surface area contributed by atoms with E-state index in [-0.39, 0.29) is 16.5 Å². The second-order valence-corrected chi connectivity index (χ2v) is 7.88. The standard InChI is InChI=1S/2C12H9ClN2OS.Ni/c2*13-10-5-2-1-4-9(10)8-14-15-12(17)11-6-3-7-16-11;/h2*1-8H,(H,15,17);/q;;+2/p-2/b2*14-8+;. The van der Waals surface area contributed by atoms with Crippen LogP contribution in [0.4, 0.5) is 0 Å². The number of hydrogen-bond acceptors (Lipinski definition) is 8. The number of benzene rings is 2. The molecule has 0 bridgehead atoms. The maximum absolute atomic E-state index is 5.95. The van der Waals surface area contributed by atoms with Gasteiger partial charge in [-0.25, -0.2) is 0 Å². The van der Waals surface area contributed by atoms with Gasteiger partial charge in [0.1, 0.15) is 11.5 Å². The average molecular weight is 586 g/mol. The Kier molecular flexibility index (Phi) is 12.4. The summed E-state index contributed by atoms with van der Waals surface area (Å²) in [5.41, 5.74) is 1.58. The Morgan fingerprint density at radius 2 is 1.03 bits per heavy atom. The van der Waals surface area contributed by atoms with Crippen LogP contribution in [0.2, 0.25) is 10.0 Å². The number of hydrogen-bond donors (Lipinski definition) is 0. The third kappa shape index (κ3) is 9.40. The fraction of sp³-hybridized carbons (Fsp3) is 0. The van der Waals surface area contributed by atoms with Crippen LogP contribution in [-0.2, 0) is 41.7 Å².